The number of rotatable bonds is 0. The molecule has 0 radical (unpaired) electrons. The predicted molar refractivity (Wildman–Crippen MR) is 40.5 cm³/mol. The van der Waals surface area contributed by atoms with Crippen LogP contribution in [0.25, 0.3) is 0 Å². The number of nitrogens with zero attached hydrogens (tertiary/aromatic N) is 1. The topological polar surface area (TPSA) is 23.5 Å². The van der Waals surface area contributed by atoms with Crippen molar-refractivity contribution < 1.29 is 5.11 Å². The molecule has 1 fully saturated rings. The van der Waals surface area contributed by atoms with Crippen LogP contribution in [0, 0.1) is 12.3 Å². The summed E-state index contributed by atoms with van der Waals surface area (Å²) in [5.41, 5.74) is -0.813. The maximum absolute atomic E-state index is 9.54. The second-order valence-electron chi connectivity index (χ2n) is 2.98. The minimum atomic E-state index is -0.813. The first-order chi connectivity index (χ1) is 4.66. The molecule has 0 amide bonds. The molecule has 1 N–H and O–H groups in total. The van der Waals surface area contributed by atoms with Crippen LogP contribution in [-0.2, 0) is 0 Å². The van der Waals surface area contributed by atoms with E-state index in [-0.39, 0.29) is 0 Å². The van der Waals surface area contributed by atoms with Gasteiger partial charge in [-0.2, -0.15) is 0 Å². The fourth-order valence-corrected chi connectivity index (χ4v) is 1.13. The van der Waals surface area contributed by atoms with E-state index < -0.39 is 5.60 Å². The summed E-state index contributed by atoms with van der Waals surface area (Å²) in [6, 6.07) is 0. The molecule has 1 saturated heterocycles. The van der Waals surface area contributed by atoms with Crippen molar-refractivity contribution in [1.29, 1.82) is 0 Å². The van der Waals surface area contributed by atoms with E-state index in [0.29, 0.717) is 12.8 Å². The van der Waals surface area contributed by atoms with E-state index in [9.17, 15) is 5.11 Å². The second kappa shape index (κ2) is 2.61. The van der Waals surface area contributed by atoms with E-state index in [1.165, 1.54) is 0 Å². The Bertz CT molecular complexity index is 151. The van der Waals surface area contributed by atoms with E-state index >= 15 is 0 Å². The van der Waals surface area contributed by atoms with Crippen LogP contribution in [-0.4, -0.2) is 35.7 Å². The average Bonchev–Trinajstić information content (AvgIpc) is 1.96. The highest BCUT2D eigenvalue weighted by atomic mass is 16.3. The number of piperidine rings is 1. The van der Waals surface area contributed by atoms with E-state index in [1.807, 2.05) is 7.05 Å². The van der Waals surface area contributed by atoms with Crippen molar-refractivity contribution in [2.75, 3.05) is 20.1 Å². The Morgan fingerprint density at radius 3 is 2.40 bits per heavy atom. The van der Waals surface area contributed by atoms with Crippen molar-refractivity contribution in [3.05, 3.63) is 0 Å². The molecular weight excluding hydrogens is 126 g/mol. The van der Waals surface area contributed by atoms with Gasteiger partial charge < -0.3 is 10.0 Å². The molecule has 0 saturated carbocycles. The predicted octanol–water partition coefficient (Wildman–Crippen LogP) is 0.0763. The monoisotopic (exact) mass is 139 g/mol. The number of hydrogen-bond donors (Lipinski definition) is 1. The number of hydrogen-bond acceptors (Lipinski definition) is 2. The normalized spacial score (nSPS) is 25.7. The Hall–Kier alpha value is -0.520. The van der Waals surface area contributed by atoms with Gasteiger partial charge in [-0.05, 0) is 7.05 Å². The zero-order valence-corrected chi connectivity index (χ0v) is 6.30. The van der Waals surface area contributed by atoms with Crippen LogP contribution < -0.4 is 0 Å². The summed E-state index contributed by atoms with van der Waals surface area (Å²) < 4.78 is 0. The third-order valence-electron chi connectivity index (χ3n) is 2.08. The van der Waals surface area contributed by atoms with Crippen LogP contribution >= 0.6 is 0 Å². The van der Waals surface area contributed by atoms with Gasteiger partial charge in [0.25, 0.3) is 0 Å². The fraction of sp³-hybridized carbons (Fsp3) is 0.750. The molecule has 1 aliphatic rings. The summed E-state index contributed by atoms with van der Waals surface area (Å²) in [5.74, 6) is 2.43. The maximum atomic E-state index is 9.54. The summed E-state index contributed by atoms with van der Waals surface area (Å²) in [6.45, 7) is 1.81. The zero-order chi connectivity index (χ0) is 7.61. The van der Waals surface area contributed by atoms with Gasteiger partial charge in [0.1, 0.15) is 5.60 Å². The highest BCUT2D eigenvalue weighted by molar-refractivity contribution is 5.09. The van der Waals surface area contributed by atoms with Gasteiger partial charge in [-0.25, -0.2) is 0 Å². The van der Waals surface area contributed by atoms with E-state index in [1.54, 1.807) is 0 Å². The van der Waals surface area contributed by atoms with Crippen molar-refractivity contribution in [2.24, 2.45) is 0 Å². The smallest absolute Gasteiger partial charge is 0.127 e. The zero-order valence-electron chi connectivity index (χ0n) is 6.30. The molecular formula is C8H13NO. The molecule has 10 heavy (non-hydrogen) atoms. The van der Waals surface area contributed by atoms with Crippen LogP contribution in [0.5, 0.6) is 0 Å². The summed E-state index contributed by atoms with van der Waals surface area (Å²) in [4.78, 5) is 2.17. The minimum absolute atomic E-state index is 0.708. The van der Waals surface area contributed by atoms with E-state index in [4.69, 9.17) is 6.42 Å². The molecule has 0 spiro atoms. The number of likely N-dealkylation sites (tertiary alicyclic amines) is 1. The summed E-state index contributed by atoms with van der Waals surface area (Å²) in [5, 5.41) is 9.54. The molecule has 0 bridgehead atoms. The van der Waals surface area contributed by atoms with Gasteiger partial charge in [0.15, 0.2) is 0 Å². The van der Waals surface area contributed by atoms with Crippen LogP contribution in [0.2, 0.25) is 0 Å². The van der Waals surface area contributed by atoms with E-state index in [2.05, 4.69) is 10.8 Å². The van der Waals surface area contributed by atoms with Crippen molar-refractivity contribution in [3.63, 3.8) is 0 Å². The molecule has 2 nitrogen and oxygen atoms in total. The van der Waals surface area contributed by atoms with Crippen molar-refractivity contribution >= 4 is 0 Å². The van der Waals surface area contributed by atoms with Crippen LogP contribution in [0.3, 0.4) is 0 Å². The molecule has 56 valence electrons. The Kier molecular flexibility index (Phi) is 1.98. The molecule has 1 aliphatic heterocycles. The Morgan fingerprint density at radius 1 is 1.50 bits per heavy atom. The summed E-state index contributed by atoms with van der Waals surface area (Å²) in [7, 11) is 2.04. The van der Waals surface area contributed by atoms with Gasteiger partial charge in [-0.15, -0.1) is 6.42 Å². The third kappa shape index (κ3) is 1.50. The Balaban J connectivity index is 2.48. The van der Waals surface area contributed by atoms with Crippen LogP contribution in [0.4, 0.5) is 0 Å². The first-order valence-corrected chi connectivity index (χ1v) is 3.55. The van der Waals surface area contributed by atoms with Gasteiger partial charge in [-0.1, -0.05) is 5.92 Å². The highest BCUT2D eigenvalue weighted by Crippen LogP contribution is 2.19. The Labute approximate surface area is 61.8 Å². The molecule has 0 aliphatic carbocycles. The van der Waals surface area contributed by atoms with Gasteiger partial charge in [0, 0.05) is 25.9 Å². The van der Waals surface area contributed by atoms with Gasteiger partial charge in [-0.3, -0.25) is 0 Å². The third-order valence-corrected chi connectivity index (χ3v) is 2.08. The molecule has 0 aromatic rings. The number of terminal acetylenes is 1. The molecule has 0 atom stereocenters. The molecule has 0 aromatic carbocycles. The molecule has 0 unspecified atom stereocenters. The minimum Gasteiger partial charge on any atom is -0.378 e. The number of aliphatic hydroxyl groups is 1. The molecule has 2 heteroatoms. The lowest BCUT2D eigenvalue weighted by atomic mass is 9.93. The van der Waals surface area contributed by atoms with Crippen molar-refractivity contribution in [3.8, 4) is 12.3 Å². The van der Waals surface area contributed by atoms with Crippen molar-refractivity contribution in [2.45, 2.75) is 18.4 Å². The van der Waals surface area contributed by atoms with E-state index in [0.717, 1.165) is 13.1 Å². The first kappa shape index (κ1) is 7.59. The average molecular weight is 139 g/mol. The lowest BCUT2D eigenvalue weighted by Gasteiger charge is -2.32. The molecule has 1 heterocycles. The Morgan fingerprint density at radius 2 is 2.00 bits per heavy atom. The second-order valence-corrected chi connectivity index (χ2v) is 2.98. The highest BCUT2D eigenvalue weighted by Gasteiger charge is 2.28. The first-order valence-electron chi connectivity index (χ1n) is 3.55. The largest absolute Gasteiger partial charge is 0.378 e. The lowest BCUT2D eigenvalue weighted by molar-refractivity contribution is 0.0351. The SMILES string of the molecule is C#CC1(O)CCN(C)CC1. The van der Waals surface area contributed by atoms with Gasteiger partial charge >= 0.3 is 0 Å². The van der Waals surface area contributed by atoms with Gasteiger partial charge in [0.2, 0.25) is 0 Å². The molecule has 1 rings (SSSR count). The van der Waals surface area contributed by atoms with Crippen LogP contribution in [0.15, 0.2) is 0 Å². The van der Waals surface area contributed by atoms with Gasteiger partial charge in [0.05, 0.1) is 0 Å². The maximum Gasteiger partial charge on any atom is 0.127 e. The lowest BCUT2D eigenvalue weighted by Crippen LogP contribution is -2.41. The van der Waals surface area contributed by atoms with Crippen LogP contribution in [0.1, 0.15) is 12.8 Å². The summed E-state index contributed by atoms with van der Waals surface area (Å²) in [6.07, 6.45) is 6.58. The quantitative estimate of drug-likeness (QED) is 0.480. The fourth-order valence-electron chi connectivity index (χ4n) is 1.13. The summed E-state index contributed by atoms with van der Waals surface area (Å²) >= 11 is 0. The standard InChI is InChI=1S/C8H13NO/c1-3-8(10)4-6-9(2)7-5-8/h1,10H,4-7H2,2H3. The van der Waals surface area contributed by atoms with Crippen molar-refractivity contribution in [1.82, 2.24) is 4.90 Å². The molecule has 0 aromatic heterocycles.